The molecule has 0 amide bonds. The normalized spacial score (nSPS) is 14.9. The molecule has 1 aromatic heterocycles. The van der Waals surface area contributed by atoms with Crippen molar-refractivity contribution in [3.63, 3.8) is 0 Å². The maximum atomic E-state index is 12.8. The Labute approximate surface area is 212 Å². The molecule has 0 saturated carbocycles. The Morgan fingerprint density at radius 1 is 1.11 bits per heavy atom. The number of anilines is 4. The highest BCUT2D eigenvalue weighted by molar-refractivity contribution is 7.92. The van der Waals surface area contributed by atoms with Gasteiger partial charge in [0, 0.05) is 0 Å². The zero-order valence-electron chi connectivity index (χ0n) is 20.6. The molecular formula is C26H31ClN4O3S. The van der Waals surface area contributed by atoms with Crippen LogP contribution in [-0.2, 0) is 21.7 Å². The monoisotopic (exact) mass is 514 g/mol. The molecule has 0 unspecified atom stereocenters. The second kappa shape index (κ2) is 9.66. The van der Waals surface area contributed by atoms with Crippen LogP contribution in [0.3, 0.4) is 0 Å². The molecule has 0 aliphatic heterocycles. The molecule has 2 N–H and O–H groups in total. The van der Waals surface area contributed by atoms with Crippen molar-refractivity contribution in [2.45, 2.75) is 62.5 Å². The number of aromatic nitrogens is 2. The van der Waals surface area contributed by atoms with Gasteiger partial charge in [-0.05, 0) is 73.9 Å². The molecule has 9 heteroatoms. The highest BCUT2D eigenvalue weighted by Crippen LogP contribution is 2.42. The smallest absolute Gasteiger partial charge is 0.229 e. The van der Waals surface area contributed by atoms with Crippen molar-refractivity contribution >= 4 is 44.6 Å². The Balaban J connectivity index is 1.69. The van der Waals surface area contributed by atoms with Crippen molar-refractivity contribution in [3.05, 3.63) is 58.7 Å². The van der Waals surface area contributed by atoms with E-state index in [0.717, 1.165) is 24.9 Å². The first-order valence-electron chi connectivity index (χ1n) is 11.6. The van der Waals surface area contributed by atoms with E-state index in [1.54, 1.807) is 45.2 Å². The molecule has 1 aliphatic rings. The zero-order chi connectivity index (χ0) is 25.4. The van der Waals surface area contributed by atoms with Crippen LogP contribution in [0.1, 0.15) is 51.7 Å². The molecule has 0 bridgehead atoms. The number of rotatable bonds is 7. The average Bonchev–Trinajstić information content (AvgIpc) is 2.81. The summed E-state index contributed by atoms with van der Waals surface area (Å²) in [6.07, 6.45) is 4.78. The molecule has 2 aromatic carbocycles. The summed E-state index contributed by atoms with van der Waals surface area (Å²) in [5, 5.41) is 6.05. The summed E-state index contributed by atoms with van der Waals surface area (Å²) in [4.78, 5) is 9.06. The number of hydrogen-bond acceptors (Lipinski definition) is 7. The first-order chi connectivity index (χ1) is 16.5. The minimum Gasteiger partial charge on any atom is -0.495 e. The predicted molar refractivity (Wildman–Crippen MR) is 141 cm³/mol. The summed E-state index contributed by atoms with van der Waals surface area (Å²) in [6.45, 7) is 7.81. The van der Waals surface area contributed by atoms with Gasteiger partial charge in [-0.1, -0.05) is 37.6 Å². The third kappa shape index (κ3) is 5.09. The van der Waals surface area contributed by atoms with Gasteiger partial charge < -0.3 is 15.4 Å². The third-order valence-corrected chi connectivity index (χ3v) is 8.95. The van der Waals surface area contributed by atoms with Crippen LogP contribution in [-0.4, -0.2) is 30.7 Å². The van der Waals surface area contributed by atoms with Gasteiger partial charge in [0.05, 0.1) is 34.8 Å². The van der Waals surface area contributed by atoms with Gasteiger partial charge in [0.25, 0.3) is 0 Å². The molecule has 0 saturated heterocycles. The maximum absolute atomic E-state index is 12.8. The second-order valence-corrected chi connectivity index (χ2v) is 12.6. The van der Waals surface area contributed by atoms with Gasteiger partial charge in [-0.3, -0.25) is 0 Å². The topological polar surface area (TPSA) is 93.2 Å². The van der Waals surface area contributed by atoms with E-state index in [2.05, 4.69) is 46.6 Å². The summed E-state index contributed by atoms with van der Waals surface area (Å²) in [5.41, 5.74) is 3.81. The molecule has 1 heterocycles. The lowest BCUT2D eigenvalue weighted by atomic mass is 9.72. The van der Waals surface area contributed by atoms with Gasteiger partial charge >= 0.3 is 0 Å². The van der Waals surface area contributed by atoms with Gasteiger partial charge in [-0.2, -0.15) is 4.98 Å². The second-order valence-electron chi connectivity index (χ2n) is 9.68. The average molecular weight is 515 g/mol. The largest absolute Gasteiger partial charge is 0.495 e. The number of methoxy groups -OCH3 is 1. The molecule has 7 nitrogen and oxygen atoms in total. The van der Waals surface area contributed by atoms with Crippen LogP contribution in [0.4, 0.5) is 23.1 Å². The van der Waals surface area contributed by atoms with Crippen LogP contribution >= 0.6 is 11.6 Å². The van der Waals surface area contributed by atoms with Crippen LogP contribution in [0.2, 0.25) is 5.02 Å². The molecular weight excluding hydrogens is 484 g/mol. The van der Waals surface area contributed by atoms with E-state index in [-0.39, 0.29) is 15.3 Å². The number of benzene rings is 2. The quantitative estimate of drug-likeness (QED) is 0.375. The number of nitrogens with zero attached hydrogens (tertiary/aromatic N) is 2. The van der Waals surface area contributed by atoms with Gasteiger partial charge in [-0.25, -0.2) is 13.4 Å². The van der Waals surface area contributed by atoms with Crippen molar-refractivity contribution in [3.8, 4) is 5.75 Å². The summed E-state index contributed by atoms with van der Waals surface area (Å²) in [7, 11) is -1.87. The van der Waals surface area contributed by atoms with Crippen molar-refractivity contribution in [2.75, 3.05) is 17.7 Å². The molecule has 0 spiro atoms. The van der Waals surface area contributed by atoms with Gasteiger partial charge in [-0.15, -0.1) is 0 Å². The number of aryl methyl sites for hydroxylation is 1. The predicted octanol–water partition coefficient (Wildman–Crippen LogP) is 6.42. The maximum Gasteiger partial charge on any atom is 0.229 e. The Bertz CT molecular complexity index is 1360. The molecule has 35 heavy (non-hydrogen) atoms. The Morgan fingerprint density at radius 3 is 2.57 bits per heavy atom. The molecule has 0 fully saturated rings. The highest BCUT2D eigenvalue weighted by atomic mass is 35.5. The van der Waals surface area contributed by atoms with Gasteiger partial charge in [0.15, 0.2) is 15.7 Å². The number of sulfone groups is 1. The molecule has 4 rings (SSSR count). The van der Waals surface area contributed by atoms with Crippen molar-refractivity contribution in [1.29, 1.82) is 0 Å². The summed E-state index contributed by atoms with van der Waals surface area (Å²) < 4.78 is 31.3. The van der Waals surface area contributed by atoms with E-state index < -0.39 is 15.1 Å². The fourth-order valence-corrected chi connectivity index (χ4v) is 5.76. The summed E-state index contributed by atoms with van der Waals surface area (Å²) in [5.74, 6) is 1.32. The molecule has 1 aliphatic carbocycles. The van der Waals surface area contributed by atoms with Crippen LogP contribution in [0.5, 0.6) is 5.75 Å². The number of hydrogen-bond donors (Lipinski definition) is 2. The van der Waals surface area contributed by atoms with E-state index in [0.29, 0.717) is 23.2 Å². The lowest BCUT2D eigenvalue weighted by Crippen LogP contribution is -2.24. The number of para-hydroxylation sites is 1. The van der Waals surface area contributed by atoms with Crippen LogP contribution in [0, 0.1) is 0 Å². The minimum atomic E-state index is -3.51. The molecule has 3 aromatic rings. The number of nitrogens with one attached hydrogen (secondary N) is 2. The molecule has 0 atom stereocenters. The van der Waals surface area contributed by atoms with Gasteiger partial charge in [0.2, 0.25) is 5.95 Å². The fraction of sp³-hybridized carbons (Fsp3) is 0.385. The van der Waals surface area contributed by atoms with Crippen LogP contribution in [0.15, 0.2) is 47.5 Å². The first-order valence-corrected chi connectivity index (χ1v) is 13.6. The third-order valence-electron chi connectivity index (χ3n) is 6.46. The molecule has 186 valence electrons. The summed E-state index contributed by atoms with van der Waals surface area (Å²) in [6, 6.07) is 10.9. The zero-order valence-corrected chi connectivity index (χ0v) is 22.2. The number of ether oxygens (including phenoxy) is 1. The SMILES string of the molecule is COc1cc2c(cc1Nc1ncc(Cl)c(Nc3ccccc3S(=O)(=O)C(C)C)n1)C(C)(C)CCC2. The fourth-order valence-electron chi connectivity index (χ4n) is 4.42. The Hall–Kier alpha value is -2.84. The first kappa shape index (κ1) is 25.3. The van der Waals surface area contributed by atoms with E-state index >= 15 is 0 Å². The number of halogens is 1. The Morgan fingerprint density at radius 2 is 1.86 bits per heavy atom. The van der Waals surface area contributed by atoms with Crippen molar-refractivity contribution in [1.82, 2.24) is 9.97 Å². The lowest BCUT2D eigenvalue weighted by molar-refractivity contribution is 0.407. The van der Waals surface area contributed by atoms with E-state index in [1.165, 1.54) is 17.3 Å². The lowest BCUT2D eigenvalue weighted by Gasteiger charge is -2.33. The van der Waals surface area contributed by atoms with Crippen molar-refractivity contribution in [2.24, 2.45) is 0 Å². The van der Waals surface area contributed by atoms with Gasteiger partial charge in [0.1, 0.15) is 10.8 Å². The van der Waals surface area contributed by atoms with E-state index in [1.807, 2.05) is 0 Å². The van der Waals surface area contributed by atoms with Crippen LogP contribution in [0.25, 0.3) is 0 Å². The standard InChI is InChI=1S/C26H31ClN4O3S/c1-16(2)35(32,33)23-11-7-6-10-20(23)29-24-19(27)15-28-25(31-24)30-21-14-18-17(13-22(21)34-5)9-8-12-26(18,3)4/h6-7,10-11,13-16H,8-9,12H2,1-5H3,(H2,28,29,30,31). The minimum absolute atomic E-state index is 0.0650. The van der Waals surface area contributed by atoms with Crippen LogP contribution < -0.4 is 15.4 Å². The van der Waals surface area contributed by atoms with Crippen molar-refractivity contribution < 1.29 is 13.2 Å². The molecule has 0 radical (unpaired) electrons. The highest BCUT2D eigenvalue weighted by Gasteiger charge is 2.29. The summed E-state index contributed by atoms with van der Waals surface area (Å²) >= 11 is 6.38. The van der Waals surface area contributed by atoms with E-state index in [9.17, 15) is 8.42 Å². The Kier molecular flexibility index (Phi) is 6.97. The van der Waals surface area contributed by atoms with E-state index in [4.69, 9.17) is 16.3 Å². The number of fused-ring (bicyclic) bond motifs is 1.